The van der Waals surface area contributed by atoms with E-state index in [0.29, 0.717) is 29.9 Å². The fraction of sp³-hybridized carbons (Fsp3) is 0.500. The minimum Gasteiger partial charge on any atom is -0.493 e. The van der Waals surface area contributed by atoms with Crippen LogP contribution in [0.2, 0.25) is 0 Å². The number of amides is 1. The van der Waals surface area contributed by atoms with Gasteiger partial charge in [0.2, 0.25) is 5.91 Å². The summed E-state index contributed by atoms with van der Waals surface area (Å²) in [6, 6.07) is 2.26. The molecule has 0 aliphatic carbocycles. The second kappa shape index (κ2) is 6.19. The smallest absolute Gasteiger partial charge is 0.217 e. The van der Waals surface area contributed by atoms with Gasteiger partial charge >= 0.3 is 0 Å². The van der Waals surface area contributed by atoms with E-state index in [-0.39, 0.29) is 18.6 Å². The Balaban J connectivity index is 2.41. The maximum absolute atomic E-state index is 13.7. The minimum absolute atomic E-state index is 0.0457. The number of methoxy groups -OCH3 is 1. The number of fused-ring (bicyclic) bond motifs is 1. The second-order valence-corrected chi connectivity index (χ2v) is 4.77. The molecule has 0 radical (unpaired) electrons. The van der Waals surface area contributed by atoms with Gasteiger partial charge < -0.3 is 19.9 Å². The molecule has 1 aliphatic heterocycles. The highest BCUT2D eigenvalue weighted by molar-refractivity contribution is 5.73. The summed E-state index contributed by atoms with van der Waals surface area (Å²) in [7, 11) is 1.45. The predicted octanol–water partition coefficient (Wildman–Crippen LogP) is 1.47. The summed E-state index contributed by atoms with van der Waals surface area (Å²) in [5.41, 5.74) is 0.897. The van der Waals surface area contributed by atoms with Crippen LogP contribution < -0.4 is 10.1 Å². The Morgan fingerprint density at radius 3 is 3.05 bits per heavy atom. The molecule has 0 spiro atoms. The van der Waals surface area contributed by atoms with E-state index in [0.717, 1.165) is 0 Å². The van der Waals surface area contributed by atoms with Crippen molar-refractivity contribution in [1.29, 1.82) is 0 Å². The van der Waals surface area contributed by atoms with Crippen LogP contribution in [0.4, 0.5) is 4.39 Å². The number of carbonyl (C=O) groups is 1. The third kappa shape index (κ3) is 3.08. The van der Waals surface area contributed by atoms with Gasteiger partial charge in [-0.05, 0) is 12.1 Å². The first-order valence-corrected chi connectivity index (χ1v) is 6.43. The van der Waals surface area contributed by atoms with E-state index in [1.54, 1.807) is 0 Å². The fourth-order valence-corrected chi connectivity index (χ4v) is 2.39. The second-order valence-electron chi connectivity index (χ2n) is 4.77. The topological polar surface area (TPSA) is 67.8 Å². The molecule has 0 bridgehead atoms. The number of aliphatic hydroxyl groups is 1. The summed E-state index contributed by atoms with van der Waals surface area (Å²) in [5, 5.41) is 12.8. The van der Waals surface area contributed by atoms with Crippen molar-refractivity contribution in [2.45, 2.75) is 25.5 Å². The highest BCUT2D eigenvalue weighted by Crippen LogP contribution is 2.38. The molecule has 0 aromatic heterocycles. The lowest BCUT2D eigenvalue weighted by Crippen LogP contribution is -2.31. The van der Waals surface area contributed by atoms with Gasteiger partial charge in [-0.25, -0.2) is 4.39 Å². The van der Waals surface area contributed by atoms with Gasteiger partial charge in [-0.1, -0.05) is 0 Å². The Hall–Kier alpha value is -1.66. The molecule has 110 valence electrons. The summed E-state index contributed by atoms with van der Waals surface area (Å²) in [5.74, 6) is -0.234. The molecule has 0 saturated carbocycles. The van der Waals surface area contributed by atoms with Crippen LogP contribution in [0.1, 0.15) is 36.6 Å². The van der Waals surface area contributed by atoms with E-state index < -0.39 is 11.9 Å². The lowest BCUT2D eigenvalue weighted by atomic mass is 9.95. The standard InChI is InChI=1S/C14H18FNO4/c1-8(17)16-12-3-4-20-14-10(12)5-9(15)6-11(14)13(18)7-19-2/h5-6,12-13,18H,3-4,7H2,1-2H3,(H,16,17). The average molecular weight is 283 g/mol. The number of nitrogens with one attached hydrogen (secondary N) is 1. The Kier molecular flexibility index (Phi) is 4.57. The number of hydrogen-bond acceptors (Lipinski definition) is 4. The third-order valence-corrected chi connectivity index (χ3v) is 3.20. The Morgan fingerprint density at radius 1 is 1.65 bits per heavy atom. The molecule has 2 unspecified atom stereocenters. The third-order valence-electron chi connectivity index (χ3n) is 3.20. The first-order chi connectivity index (χ1) is 9.52. The first-order valence-electron chi connectivity index (χ1n) is 6.43. The normalized spacial score (nSPS) is 18.9. The molecule has 2 rings (SSSR count). The van der Waals surface area contributed by atoms with Crippen molar-refractivity contribution in [3.8, 4) is 5.75 Å². The van der Waals surface area contributed by atoms with Crippen LogP contribution in [0.25, 0.3) is 0 Å². The zero-order valence-corrected chi connectivity index (χ0v) is 11.5. The van der Waals surface area contributed by atoms with Crippen LogP contribution in [0, 0.1) is 5.82 Å². The summed E-state index contributed by atoms with van der Waals surface area (Å²) in [6.45, 7) is 1.86. The molecular weight excluding hydrogens is 265 g/mol. The van der Waals surface area contributed by atoms with E-state index in [2.05, 4.69) is 5.32 Å². The van der Waals surface area contributed by atoms with Crippen molar-refractivity contribution < 1.29 is 23.8 Å². The Bertz CT molecular complexity index is 506. The molecule has 2 atom stereocenters. The number of ether oxygens (including phenoxy) is 2. The Labute approximate surface area is 116 Å². The van der Waals surface area contributed by atoms with Gasteiger partial charge in [-0.3, -0.25) is 4.79 Å². The minimum atomic E-state index is -0.972. The molecule has 2 N–H and O–H groups in total. The van der Waals surface area contributed by atoms with E-state index in [1.807, 2.05) is 0 Å². The van der Waals surface area contributed by atoms with E-state index in [1.165, 1.54) is 26.2 Å². The summed E-state index contributed by atoms with van der Waals surface area (Å²) in [6.07, 6.45) is -0.406. The van der Waals surface area contributed by atoms with Crippen LogP contribution in [0.5, 0.6) is 5.75 Å². The number of carbonyl (C=O) groups excluding carboxylic acids is 1. The van der Waals surface area contributed by atoms with Gasteiger partial charge in [0.05, 0.1) is 19.3 Å². The highest BCUT2D eigenvalue weighted by atomic mass is 19.1. The molecule has 0 fully saturated rings. The quantitative estimate of drug-likeness (QED) is 0.878. The maximum Gasteiger partial charge on any atom is 0.217 e. The first kappa shape index (κ1) is 14.7. The number of hydrogen-bond donors (Lipinski definition) is 2. The zero-order chi connectivity index (χ0) is 14.7. The van der Waals surface area contributed by atoms with E-state index in [4.69, 9.17) is 9.47 Å². The molecule has 1 heterocycles. The van der Waals surface area contributed by atoms with Crippen LogP contribution >= 0.6 is 0 Å². The molecular formula is C14H18FNO4. The van der Waals surface area contributed by atoms with Crippen LogP contribution in [0.15, 0.2) is 12.1 Å². The van der Waals surface area contributed by atoms with Gasteiger partial charge in [-0.15, -0.1) is 0 Å². The summed E-state index contributed by atoms with van der Waals surface area (Å²) < 4.78 is 24.2. The van der Waals surface area contributed by atoms with Crippen LogP contribution in [-0.2, 0) is 9.53 Å². The number of aliphatic hydroxyl groups excluding tert-OH is 1. The van der Waals surface area contributed by atoms with Gasteiger partial charge in [0, 0.05) is 31.6 Å². The predicted molar refractivity (Wildman–Crippen MR) is 69.9 cm³/mol. The lowest BCUT2D eigenvalue weighted by Gasteiger charge is -2.29. The molecule has 6 heteroatoms. The zero-order valence-electron chi connectivity index (χ0n) is 11.5. The largest absolute Gasteiger partial charge is 0.493 e. The average Bonchev–Trinajstić information content (AvgIpc) is 2.38. The van der Waals surface area contributed by atoms with Crippen molar-refractivity contribution >= 4 is 5.91 Å². The molecule has 1 amide bonds. The van der Waals surface area contributed by atoms with Crippen molar-refractivity contribution in [2.24, 2.45) is 0 Å². The van der Waals surface area contributed by atoms with Crippen molar-refractivity contribution in [2.75, 3.05) is 20.3 Å². The monoisotopic (exact) mass is 283 g/mol. The Morgan fingerprint density at radius 2 is 2.40 bits per heavy atom. The van der Waals surface area contributed by atoms with Crippen molar-refractivity contribution in [1.82, 2.24) is 5.32 Å². The van der Waals surface area contributed by atoms with Gasteiger partial charge in [0.15, 0.2) is 0 Å². The van der Waals surface area contributed by atoms with Gasteiger partial charge in [0.1, 0.15) is 17.7 Å². The van der Waals surface area contributed by atoms with Crippen LogP contribution in [-0.4, -0.2) is 31.3 Å². The van der Waals surface area contributed by atoms with Crippen molar-refractivity contribution in [3.63, 3.8) is 0 Å². The number of benzene rings is 1. The van der Waals surface area contributed by atoms with Gasteiger partial charge in [-0.2, -0.15) is 0 Å². The molecule has 20 heavy (non-hydrogen) atoms. The number of rotatable bonds is 4. The lowest BCUT2D eigenvalue weighted by molar-refractivity contribution is -0.119. The van der Waals surface area contributed by atoms with Crippen molar-refractivity contribution in [3.05, 3.63) is 29.1 Å². The molecule has 0 saturated heterocycles. The molecule has 1 aromatic carbocycles. The maximum atomic E-state index is 13.7. The number of halogens is 1. The molecule has 5 nitrogen and oxygen atoms in total. The molecule has 1 aliphatic rings. The van der Waals surface area contributed by atoms with E-state index >= 15 is 0 Å². The highest BCUT2D eigenvalue weighted by Gasteiger charge is 2.27. The fourth-order valence-electron chi connectivity index (χ4n) is 2.39. The van der Waals surface area contributed by atoms with E-state index in [9.17, 15) is 14.3 Å². The summed E-state index contributed by atoms with van der Waals surface area (Å²) >= 11 is 0. The van der Waals surface area contributed by atoms with Gasteiger partial charge in [0.25, 0.3) is 0 Å². The summed E-state index contributed by atoms with van der Waals surface area (Å²) in [4.78, 5) is 11.2. The SMILES string of the molecule is COCC(O)c1cc(F)cc2c1OCCC2NC(C)=O. The molecule has 1 aromatic rings. The van der Waals surface area contributed by atoms with Crippen LogP contribution in [0.3, 0.4) is 0 Å².